The number of nitrogens with one attached hydrogen (secondary N) is 2. The molecular weight excluding hydrogens is 316 g/mol. The van der Waals surface area contributed by atoms with Crippen molar-refractivity contribution in [1.82, 2.24) is 10.2 Å². The molecule has 1 aliphatic carbocycles. The highest BCUT2D eigenvalue weighted by atomic mass is 19.2. The van der Waals surface area contributed by atoms with Gasteiger partial charge in [-0.05, 0) is 18.9 Å². The molecule has 0 bridgehead atoms. The largest absolute Gasteiger partial charge is 0.362 e. The fourth-order valence-corrected chi connectivity index (χ4v) is 3.68. The molecule has 2 amide bonds. The van der Waals surface area contributed by atoms with Crippen LogP contribution < -0.4 is 10.6 Å². The Morgan fingerprint density at radius 3 is 2.42 bits per heavy atom. The van der Waals surface area contributed by atoms with Crippen LogP contribution in [-0.2, 0) is 4.79 Å². The van der Waals surface area contributed by atoms with E-state index in [4.69, 9.17) is 0 Å². The van der Waals surface area contributed by atoms with Crippen LogP contribution in [0.15, 0.2) is 12.1 Å². The van der Waals surface area contributed by atoms with Crippen LogP contribution in [0.4, 0.5) is 14.5 Å². The number of rotatable bonds is 1. The first-order valence-corrected chi connectivity index (χ1v) is 8.36. The van der Waals surface area contributed by atoms with E-state index in [1.807, 2.05) is 4.90 Å². The Morgan fingerprint density at radius 2 is 1.79 bits per heavy atom. The third-order valence-electron chi connectivity index (χ3n) is 5.41. The Hall–Kier alpha value is -2.18. The molecule has 2 heterocycles. The van der Waals surface area contributed by atoms with Gasteiger partial charge >= 0.3 is 0 Å². The number of hydrogen-bond donors (Lipinski definition) is 2. The molecule has 5 nitrogen and oxygen atoms in total. The molecule has 2 N–H and O–H groups in total. The number of halogens is 2. The molecule has 1 saturated heterocycles. The maximum absolute atomic E-state index is 13.5. The molecule has 0 unspecified atom stereocenters. The minimum absolute atomic E-state index is 0.104. The van der Waals surface area contributed by atoms with E-state index in [0.717, 1.165) is 31.4 Å². The SMILES string of the molecule is O=C1NC2(CCN(C(=O)C3CCC3)CC2)Nc2cc(F)c(F)cc21. The summed E-state index contributed by atoms with van der Waals surface area (Å²) in [5.74, 6) is -2.08. The number of amides is 2. The van der Waals surface area contributed by atoms with Gasteiger partial charge in [-0.25, -0.2) is 8.78 Å². The molecule has 1 aromatic carbocycles. The molecule has 128 valence electrons. The van der Waals surface area contributed by atoms with Crippen LogP contribution in [-0.4, -0.2) is 35.5 Å². The summed E-state index contributed by atoms with van der Waals surface area (Å²) in [6, 6.07) is 1.94. The van der Waals surface area contributed by atoms with Crippen molar-refractivity contribution in [2.75, 3.05) is 18.4 Å². The highest BCUT2D eigenvalue weighted by molar-refractivity contribution is 6.02. The Kier molecular flexibility index (Phi) is 3.47. The van der Waals surface area contributed by atoms with Gasteiger partial charge in [-0.15, -0.1) is 0 Å². The number of likely N-dealkylation sites (tertiary alicyclic amines) is 1. The summed E-state index contributed by atoms with van der Waals surface area (Å²) in [6.45, 7) is 1.09. The van der Waals surface area contributed by atoms with Crippen molar-refractivity contribution in [3.63, 3.8) is 0 Å². The minimum Gasteiger partial charge on any atom is -0.362 e. The molecule has 3 aliphatic rings. The summed E-state index contributed by atoms with van der Waals surface area (Å²) in [4.78, 5) is 26.5. The molecular formula is C17H19F2N3O2. The first-order valence-electron chi connectivity index (χ1n) is 8.36. The minimum atomic E-state index is -1.04. The van der Waals surface area contributed by atoms with Crippen molar-refractivity contribution in [3.05, 3.63) is 29.3 Å². The zero-order valence-corrected chi connectivity index (χ0v) is 13.2. The maximum atomic E-state index is 13.5. The molecule has 2 aliphatic heterocycles. The van der Waals surface area contributed by atoms with Crippen molar-refractivity contribution in [3.8, 4) is 0 Å². The quantitative estimate of drug-likeness (QED) is 0.827. The van der Waals surface area contributed by atoms with Gasteiger partial charge in [0.1, 0.15) is 5.66 Å². The number of piperidine rings is 1. The molecule has 0 aromatic heterocycles. The van der Waals surface area contributed by atoms with E-state index in [-0.39, 0.29) is 17.4 Å². The second-order valence-corrected chi connectivity index (χ2v) is 6.93. The summed E-state index contributed by atoms with van der Waals surface area (Å²) >= 11 is 0. The van der Waals surface area contributed by atoms with Gasteiger partial charge in [-0.1, -0.05) is 6.42 Å². The fourth-order valence-electron chi connectivity index (χ4n) is 3.68. The van der Waals surface area contributed by atoms with Crippen LogP contribution in [0.2, 0.25) is 0 Å². The van der Waals surface area contributed by atoms with Gasteiger partial charge in [-0.3, -0.25) is 9.59 Å². The topological polar surface area (TPSA) is 61.4 Å². The lowest BCUT2D eigenvalue weighted by molar-refractivity contribution is -0.139. The third kappa shape index (κ3) is 2.42. The predicted molar refractivity (Wildman–Crippen MR) is 83.3 cm³/mol. The highest BCUT2D eigenvalue weighted by Gasteiger charge is 2.42. The second kappa shape index (κ2) is 5.43. The number of carbonyl (C=O) groups is 2. The molecule has 0 radical (unpaired) electrons. The zero-order valence-electron chi connectivity index (χ0n) is 13.2. The van der Waals surface area contributed by atoms with Crippen LogP contribution in [0, 0.1) is 17.6 Å². The summed E-state index contributed by atoms with van der Waals surface area (Å²) in [7, 11) is 0. The van der Waals surface area contributed by atoms with Gasteiger partial charge < -0.3 is 15.5 Å². The van der Waals surface area contributed by atoms with E-state index in [1.54, 1.807) is 0 Å². The Bertz CT molecular complexity index is 710. The first kappa shape index (κ1) is 15.4. The maximum Gasteiger partial charge on any atom is 0.255 e. The van der Waals surface area contributed by atoms with Crippen LogP contribution in [0.25, 0.3) is 0 Å². The van der Waals surface area contributed by atoms with Crippen molar-refractivity contribution >= 4 is 17.5 Å². The van der Waals surface area contributed by atoms with E-state index < -0.39 is 23.2 Å². The smallest absolute Gasteiger partial charge is 0.255 e. The van der Waals surface area contributed by atoms with Gasteiger partial charge in [0, 0.05) is 37.9 Å². The Morgan fingerprint density at radius 1 is 1.12 bits per heavy atom. The van der Waals surface area contributed by atoms with Crippen LogP contribution in [0.3, 0.4) is 0 Å². The fraction of sp³-hybridized carbons (Fsp3) is 0.529. The Balaban J connectivity index is 1.50. The third-order valence-corrected chi connectivity index (χ3v) is 5.41. The van der Waals surface area contributed by atoms with Gasteiger partial charge in [-0.2, -0.15) is 0 Å². The zero-order chi connectivity index (χ0) is 16.9. The van der Waals surface area contributed by atoms with Crippen LogP contribution in [0.5, 0.6) is 0 Å². The number of anilines is 1. The molecule has 1 aromatic rings. The molecule has 1 saturated carbocycles. The lowest BCUT2D eigenvalue weighted by Crippen LogP contribution is -2.63. The number of carbonyl (C=O) groups excluding carboxylic acids is 2. The average Bonchev–Trinajstić information content (AvgIpc) is 2.48. The summed E-state index contributed by atoms with van der Waals surface area (Å²) in [6.07, 6.45) is 4.12. The molecule has 1 spiro atoms. The standard InChI is InChI=1S/C17H19F2N3O2/c18-12-8-11-14(9-13(12)19)20-17(21-15(11)23)4-6-22(7-5-17)16(24)10-2-1-3-10/h8-10,20H,1-7H2,(H,21,23). The molecule has 0 atom stereocenters. The van der Waals surface area contributed by atoms with Crippen molar-refractivity contribution < 1.29 is 18.4 Å². The number of fused-ring (bicyclic) bond motifs is 1. The van der Waals surface area contributed by atoms with Crippen molar-refractivity contribution in [2.24, 2.45) is 5.92 Å². The molecule has 2 fully saturated rings. The highest BCUT2D eigenvalue weighted by Crippen LogP contribution is 2.34. The van der Waals surface area contributed by atoms with Gasteiger partial charge in [0.15, 0.2) is 11.6 Å². The predicted octanol–water partition coefficient (Wildman–Crippen LogP) is 2.24. The lowest BCUT2D eigenvalue weighted by atomic mass is 9.83. The van der Waals surface area contributed by atoms with Gasteiger partial charge in [0.2, 0.25) is 5.91 Å². The monoisotopic (exact) mass is 335 g/mol. The summed E-state index contributed by atoms with van der Waals surface area (Å²) in [5.41, 5.74) is -0.297. The molecule has 4 rings (SSSR count). The first-order chi connectivity index (χ1) is 11.5. The number of nitrogens with zero attached hydrogens (tertiary/aromatic N) is 1. The van der Waals surface area contributed by atoms with Gasteiger partial charge in [0.25, 0.3) is 5.91 Å². The molecule has 7 heteroatoms. The van der Waals surface area contributed by atoms with Crippen LogP contribution in [0.1, 0.15) is 42.5 Å². The van der Waals surface area contributed by atoms with Crippen molar-refractivity contribution in [2.45, 2.75) is 37.8 Å². The van der Waals surface area contributed by atoms with E-state index in [9.17, 15) is 18.4 Å². The van der Waals surface area contributed by atoms with E-state index in [2.05, 4.69) is 10.6 Å². The van der Waals surface area contributed by atoms with E-state index >= 15 is 0 Å². The number of benzene rings is 1. The summed E-state index contributed by atoms with van der Waals surface area (Å²) in [5, 5.41) is 6.03. The van der Waals surface area contributed by atoms with Gasteiger partial charge in [0.05, 0.1) is 11.3 Å². The van der Waals surface area contributed by atoms with Crippen LogP contribution >= 0.6 is 0 Å². The average molecular weight is 335 g/mol. The normalized spacial score (nSPS) is 22.4. The summed E-state index contributed by atoms with van der Waals surface area (Å²) < 4.78 is 26.8. The number of hydrogen-bond acceptors (Lipinski definition) is 3. The lowest BCUT2D eigenvalue weighted by Gasteiger charge is -2.46. The Labute approximate surface area is 138 Å². The second-order valence-electron chi connectivity index (χ2n) is 6.93. The van der Waals surface area contributed by atoms with E-state index in [1.165, 1.54) is 0 Å². The molecule has 24 heavy (non-hydrogen) atoms. The van der Waals surface area contributed by atoms with Crippen molar-refractivity contribution in [1.29, 1.82) is 0 Å². The van der Waals surface area contributed by atoms with E-state index in [0.29, 0.717) is 31.6 Å².